The van der Waals surface area contributed by atoms with Gasteiger partial charge in [-0.05, 0) is 69.1 Å². The van der Waals surface area contributed by atoms with Crippen LogP contribution in [0.3, 0.4) is 0 Å². The third-order valence-corrected chi connectivity index (χ3v) is 15.2. The lowest BCUT2D eigenvalue weighted by Crippen LogP contribution is -2.59. The topological polar surface area (TPSA) is 159 Å². The number of hydrogen-bond acceptors (Lipinski definition) is 14. The van der Waals surface area contributed by atoms with Gasteiger partial charge in [-0.2, -0.15) is 0 Å². The number of rotatable bonds is 9. The molecule has 14 heteroatoms. The highest BCUT2D eigenvalue weighted by Crippen LogP contribution is 2.49. The second kappa shape index (κ2) is 20.4. The van der Waals surface area contributed by atoms with Crippen LogP contribution in [0.1, 0.15) is 107 Å². The molecule has 1 spiro atoms. The summed E-state index contributed by atoms with van der Waals surface area (Å²) >= 11 is 0. The van der Waals surface area contributed by atoms with Crippen molar-refractivity contribution in [3.63, 3.8) is 0 Å². The lowest BCUT2D eigenvalue weighted by atomic mass is 9.70. The van der Waals surface area contributed by atoms with Crippen molar-refractivity contribution in [2.24, 2.45) is 23.7 Å². The number of carbonyl (C=O) groups is 1. The first-order valence-electron chi connectivity index (χ1n) is 23.6. The summed E-state index contributed by atoms with van der Waals surface area (Å²) in [4.78, 5) is 14.6. The Kier molecular flexibility index (Phi) is 15.9. The second-order valence-corrected chi connectivity index (χ2v) is 19.5. The van der Waals surface area contributed by atoms with Crippen molar-refractivity contribution in [3.05, 3.63) is 47.1 Å². The van der Waals surface area contributed by atoms with Gasteiger partial charge >= 0.3 is 5.97 Å². The molecule has 5 saturated heterocycles. The summed E-state index contributed by atoms with van der Waals surface area (Å²) in [6.07, 6.45) is 7.83. The fraction of sp³-hybridized carbons (Fsp3) is 0.816. The van der Waals surface area contributed by atoms with Crippen LogP contribution < -0.4 is 0 Å². The quantitative estimate of drug-likeness (QED) is 0.198. The molecule has 20 atom stereocenters. The third-order valence-electron chi connectivity index (χ3n) is 15.2. The van der Waals surface area contributed by atoms with Crippen LogP contribution in [0.25, 0.3) is 0 Å². The van der Waals surface area contributed by atoms with E-state index < -0.39 is 90.8 Å². The maximum Gasteiger partial charge on any atom is 0.316 e. The van der Waals surface area contributed by atoms with Crippen LogP contribution in [-0.2, 0) is 56.9 Å². The van der Waals surface area contributed by atoms with Crippen LogP contribution >= 0.6 is 0 Å². The smallest absolute Gasteiger partial charge is 0.316 e. The second-order valence-electron chi connectivity index (χ2n) is 19.5. The van der Waals surface area contributed by atoms with E-state index in [1.54, 1.807) is 27.4 Å². The summed E-state index contributed by atoms with van der Waals surface area (Å²) in [5, 5.41) is 22.0. The maximum absolute atomic E-state index is 14.6. The number of carbonyl (C=O) groups excluding carboxylic acids is 1. The van der Waals surface area contributed by atoms with Crippen molar-refractivity contribution >= 4 is 5.97 Å². The van der Waals surface area contributed by atoms with Crippen LogP contribution in [0.4, 0.5) is 0 Å². The molecular weight excluding hydrogens is 813 g/mol. The van der Waals surface area contributed by atoms with E-state index >= 15 is 0 Å². The van der Waals surface area contributed by atoms with Crippen LogP contribution in [0.5, 0.6) is 0 Å². The Hall–Kier alpha value is -2.05. The standard InChI is InChI=1S/C49H76O14/c1-12-26(2)44-29(5)18-19-48(63-44)24-35-21-34(62-48)17-16-28(4)43(60-40-23-38(54-10)45(32(8)58-40)61-39-22-37(53-9)42(51)31(7)57-39)27(3)14-13-15-33-25-56-46-41(50)30(6)20-36(47(52)59-35)49(33,46)55-11/h13-16,20,26-27,29,31-32,34-46,50-51H,12,17-19,21-25H2,1-11H3/b14-13+,28-16+,33-15+/t26-,27-,29-,31-,32-,34+,35-,36-,37-,38-,39-,40-,41+,42-,43-,44+,45-,46+,48+,49+/m0/s1. The summed E-state index contributed by atoms with van der Waals surface area (Å²) < 4.78 is 70.9. The number of aliphatic hydroxyl groups is 2. The first-order valence-corrected chi connectivity index (χ1v) is 23.6. The molecule has 0 aromatic heterocycles. The first-order chi connectivity index (χ1) is 30.1. The molecule has 6 aliphatic heterocycles. The predicted molar refractivity (Wildman–Crippen MR) is 232 cm³/mol. The number of methoxy groups -OCH3 is 3. The van der Waals surface area contributed by atoms with Crippen molar-refractivity contribution in [3.8, 4) is 0 Å². The average molecular weight is 889 g/mol. The zero-order chi connectivity index (χ0) is 45.4. The Bertz CT molecular complexity index is 1690. The van der Waals surface area contributed by atoms with Gasteiger partial charge in [0.1, 0.15) is 42.0 Å². The zero-order valence-corrected chi connectivity index (χ0v) is 39.4. The van der Waals surface area contributed by atoms with Gasteiger partial charge in [0.15, 0.2) is 18.4 Å². The number of allylic oxidation sites excluding steroid dienone is 2. The van der Waals surface area contributed by atoms with Gasteiger partial charge in [0.05, 0.1) is 49.3 Å². The normalized spacial score (nSPS) is 48.8. The molecule has 63 heavy (non-hydrogen) atoms. The van der Waals surface area contributed by atoms with Gasteiger partial charge < -0.3 is 62.3 Å². The highest BCUT2D eigenvalue weighted by molar-refractivity contribution is 5.78. The highest BCUT2D eigenvalue weighted by Gasteiger charge is 2.61. The molecule has 0 amide bonds. The summed E-state index contributed by atoms with van der Waals surface area (Å²) in [6, 6.07) is 0. The summed E-state index contributed by atoms with van der Waals surface area (Å²) in [6.45, 7) is 16.6. The van der Waals surface area contributed by atoms with E-state index in [9.17, 15) is 15.0 Å². The highest BCUT2D eigenvalue weighted by atomic mass is 16.7. The SMILES string of the molecule is CC[C@H](C)[C@H]1O[C@]2(CC[C@@H]1C)C[C@@H]1C[C@@H](C/C=C(\C)[C@@H](O[C@H]3C[C@H](OC)[C@@H](O[C@H]4C[C@H](OC)[C@@H](O)[C@H](C)O4)[C@H](C)O3)[C@@H](C)/C=C/C=C3\CO[C@@H]4[C@H](O)C(C)=C[C@@H](C(=O)O1)[C@]34OC)O2. The summed E-state index contributed by atoms with van der Waals surface area (Å²) in [7, 11) is 4.82. The summed E-state index contributed by atoms with van der Waals surface area (Å²) in [5.74, 6) is -1.62. The Morgan fingerprint density at radius 2 is 1.62 bits per heavy atom. The van der Waals surface area contributed by atoms with E-state index in [0.717, 1.165) is 24.0 Å². The number of aliphatic hydroxyl groups excluding tert-OH is 2. The molecule has 7 rings (SSSR count). The molecule has 5 fully saturated rings. The van der Waals surface area contributed by atoms with Gasteiger partial charge in [-0.15, -0.1) is 0 Å². The predicted octanol–water partition coefficient (Wildman–Crippen LogP) is 6.26. The van der Waals surface area contributed by atoms with E-state index in [0.29, 0.717) is 55.9 Å². The van der Waals surface area contributed by atoms with Crippen LogP contribution in [0, 0.1) is 23.7 Å². The van der Waals surface area contributed by atoms with E-state index in [1.807, 2.05) is 32.9 Å². The Morgan fingerprint density at radius 3 is 2.33 bits per heavy atom. The molecule has 14 nitrogen and oxygen atoms in total. The van der Waals surface area contributed by atoms with Crippen molar-refractivity contribution in [1.29, 1.82) is 0 Å². The molecule has 356 valence electrons. The molecular formula is C49H76O14. The van der Waals surface area contributed by atoms with Crippen molar-refractivity contribution in [1.82, 2.24) is 0 Å². The van der Waals surface area contributed by atoms with Gasteiger partial charge in [-0.25, -0.2) is 0 Å². The van der Waals surface area contributed by atoms with Gasteiger partial charge in [0.25, 0.3) is 0 Å². The van der Waals surface area contributed by atoms with E-state index in [1.165, 1.54) is 0 Å². The van der Waals surface area contributed by atoms with E-state index in [-0.39, 0.29) is 30.8 Å². The van der Waals surface area contributed by atoms with Crippen molar-refractivity contribution in [2.75, 3.05) is 27.9 Å². The van der Waals surface area contributed by atoms with Crippen LogP contribution in [-0.4, -0.2) is 141 Å². The average Bonchev–Trinajstić information content (AvgIpc) is 3.64. The maximum atomic E-state index is 14.6. The molecule has 2 bridgehead atoms. The number of hydrogen-bond donors (Lipinski definition) is 2. The van der Waals surface area contributed by atoms with Gasteiger partial charge in [-0.1, -0.05) is 64.5 Å². The third kappa shape index (κ3) is 9.99. The van der Waals surface area contributed by atoms with Gasteiger partial charge in [0.2, 0.25) is 0 Å². The first kappa shape index (κ1) is 48.9. The zero-order valence-electron chi connectivity index (χ0n) is 39.4. The van der Waals surface area contributed by atoms with E-state index in [4.69, 9.17) is 52.1 Å². The Labute approximate surface area is 374 Å². The Morgan fingerprint density at radius 1 is 0.905 bits per heavy atom. The Balaban J connectivity index is 1.19. The minimum Gasteiger partial charge on any atom is -0.462 e. The lowest BCUT2D eigenvalue weighted by Gasteiger charge is -2.51. The molecule has 0 saturated carbocycles. The monoisotopic (exact) mass is 889 g/mol. The molecule has 1 aliphatic carbocycles. The number of ether oxygens (including phenoxy) is 11. The van der Waals surface area contributed by atoms with E-state index in [2.05, 4.69) is 46.8 Å². The molecule has 0 aromatic rings. The number of fused-ring (bicyclic) bond motifs is 2. The fourth-order valence-corrected chi connectivity index (χ4v) is 11.3. The minimum atomic E-state index is -1.28. The molecule has 7 aliphatic rings. The lowest BCUT2D eigenvalue weighted by molar-refractivity contribution is -0.340. The molecule has 0 radical (unpaired) electrons. The fourth-order valence-electron chi connectivity index (χ4n) is 11.3. The van der Waals surface area contributed by atoms with Crippen molar-refractivity contribution < 1.29 is 67.1 Å². The van der Waals surface area contributed by atoms with Gasteiger partial charge in [0, 0.05) is 59.4 Å². The molecule has 6 heterocycles. The molecule has 2 N–H and O–H groups in total. The van der Waals surface area contributed by atoms with Crippen LogP contribution in [0.15, 0.2) is 47.1 Å². The van der Waals surface area contributed by atoms with Gasteiger partial charge in [-0.3, -0.25) is 4.79 Å². The number of esters is 1. The largest absolute Gasteiger partial charge is 0.462 e. The minimum absolute atomic E-state index is 0.0124. The van der Waals surface area contributed by atoms with Crippen LogP contribution in [0.2, 0.25) is 0 Å². The molecule has 0 aromatic carbocycles. The van der Waals surface area contributed by atoms with Crippen molar-refractivity contribution in [2.45, 2.75) is 204 Å². The summed E-state index contributed by atoms with van der Waals surface area (Å²) in [5.41, 5.74) is 1.10. The molecule has 0 unspecified atom stereocenters.